The van der Waals surface area contributed by atoms with E-state index in [2.05, 4.69) is 4.99 Å². The number of amides is 1. The maximum Gasteiger partial charge on any atom is 0.266 e. The Balaban J connectivity index is 1.85. The predicted octanol–water partition coefficient (Wildman–Crippen LogP) is 4.71. The molecule has 0 atom stereocenters. The highest BCUT2D eigenvalue weighted by atomic mass is 32.2. The maximum absolute atomic E-state index is 13.1. The van der Waals surface area contributed by atoms with Crippen molar-refractivity contribution < 1.29 is 9.53 Å². The highest BCUT2D eigenvalue weighted by Crippen LogP contribution is 2.37. The molecule has 134 valence electrons. The third-order valence-electron chi connectivity index (χ3n) is 4.73. The van der Waals surface area contributed by atoms with Crippen LogP contribution in [0.15, 0.2) is 34.2 Å². The summed E-state index contributed by atoms with van der Waals surface area (Å²) in [5.41, 5.74) is 1.01. The van der Waals surface area contributed by atoms with E-state index in [0.717, 1.165) is 34.2 Å². The van der Waals surface area contributed by atoms with Crippen molar-refractivity contribution in [3.63, 3.8) is 0 Å². The molecule has 1 amide bonds. The van der Waals surface area contributed by atoms with E-state index < -0.39 is 0 Å². The first-order chi connectivity index (χ1) is 12.2. The van der Waals surface area contributed by atoms with E-state index >= 15 is 0 Å². The van der Waals surface area contributed by atoms with Crippen LogP contribution in [0.4, 0.5) is 0 Å². The van der Waals surface area contributed by atoms with Gasteiger partial charge in [-0.2, -0.15) is 0 Å². The molecule has 1 heterocycles. The van der Waals surface area contributed by atoms with Gasteiger partial charge in [0.05, 0.1) is 12.0 Å². The number of rotatable bonds is 4. The number of aliphatic imine (C=N–C) groups is 1. The van der Waals surface area contributed by atoms with Crippen molar-refractivity contribution in [2.24, 2.45) is 4.99 Å². The maximum atomic E-state index is 13.1. The molecule has 0 bridgehead atoms. The molecule has 4 nitrogen and oxygen atoms in total. The van der Waals surface area contributed by atoms with Gasteiger partial charge in [0.1, 0.15) is 5.75 Å². The third kappa shape index (κ3) is 4.27. The van der Waals surface area contributed by atoms with Gasteiger partial charge in [-0.15, -0.1) is 0 Å². The standard InChI is InChI=1S/C20H26N2O2S/c1-3-21-20-22(16-8-6-4-5-7-9-16)19(23)18(25-20)14-15-10-12-17(24-2)13-11-15/h10-14,16H,3-9H2,1-2H3/b18-14-,21-20?. The summed E-state index contributed by atoms with van der Waals surface area (Å²) in [6.07, 6.45) is 9.11. The number of carbonyl (C=O) groups excluding carboxylic acids is 1. The Bertz CT molecular complexity index is 659. The summed E-state index contributed by atoms with van der Waals surface area (Å²) in [5, 5.41) is 0.874. The first kappa shape index (κ1) is 18.1. The summed E-state index contributed by atoms with van der Waals surface area (Å²) in [6.45, 7) is 2.73. The lowest BCUT2D eigenvalue weighted by atomic mass is 10.1. The minimum Gasteiger partial charge on any atom is -0.497 e. The summed E-state index contributed by atoms with van der Waals surface area (Å²) < 4.78 is 5.20. The number of nitrogens with zero attached hydrogens (tertiary/aromatic N) is 2. The quantitative estimate of drug-likeness (QED) is 0.578. The lowest BCUT2D eigenvalue weighted by molar-refractivity contribution is -0.123. The van der Waals surface area contributed by atoms with E-state index in [1.165, 1.54) is 37.4 Å². The third-order valence-corrected chi connectivity index (χ3v) is 5.75. The molecular formula is C20H26N2O2S. The molecule has 0 aromatic heterocycles. The summed E-state index contributed by atoms with van der Waals surface area (Å²) >= 11 is 1.51. The number of ether oxygens (including phenoxy) is 1. The second-order valence-electron chi connectivity index (χ2n) is 6.46. The van der Waals surface area contributed by atoms with Gasteiger partial charge in [0.15, 0.2) is 5.17 Å². The van der Waals surface area contributed by atoms with Crippen LogP contribution in [0, 0.1) is 0 Å². The van der Waals surface area contributed by atoms with Crippen LogP contribution in [0.5, 0.6) is 5.75 Å². The van der Waals surface area contributed by atoms with Crippen molar-refractivity contribution >= 4 is 28.9 Å². The molecular weight excluding hydrogens is 332 g/mol. The number of benzene rings is 1. The van der Waals surface area contributed by atoms with Crippen LogP contribution in [0.25, 0.3) is 6.08 Å². The summed E-state index contributed by atoms with van der Waals surface area (Å²) in [6, 6.07) is 8.09. The number of amidine groups is 1. The van der Waals surface area contributed by atoms with Gasteiger partial charge in [-0.25, -0.2) is 0 Å². The van der Waals surface area contributed by atoms with Crippen LogP contribution >= 0.6 is 11.8 Å². The van der Waals surface area contributed by atoms with E-state index in [4.69, 9.17) is 4.74 Å². The fraction of sp³-hybridized carbons (Fsp3) is 0.500. The van der Waals surface area contributed by atoms with Crippen LogP contribution in [-0.2, 0) is 4.79 Å². The van der Waals surface area contributed by atoms with E-state index in [-0.39, 0.29) is 5.91 Å². The zero-order valence-electron chi connectivity index (χ0n) is 15.0. The van der Waals surface area contributed by atoms with Gasteiger partial charge in [-0.3, -0.25) is 14.7 Å². The average molecular weight is 359 g/mol. The number of hydrogen-bond acceptors (Lipinski definition) is 4. The molecule has 3 rings (SSSR count). The fourth-order valence-electron chi connectivity index (χ4n) is 3.42. The van der Waals surface area contributed by atoms with Crippen molar-refractivity contribution in [3.05, 3.63) is 34.7 Å². The second kappa shape index (κ2) is 8.56. The molecule has 1 saturated carbocycles. The summed E-state index contributed by atoms with van der Waals surface area (Å²) in [7, 11) is 1.65. The number of hydrogen-bond donors (Lipinski definition) is 0. The average Bonchev–Trinajstić information content (AvgIpc) is 2.82. The molecule has 0 radical (unpaired) electrons. The molecule has 0 unspecified atom stereocenters. The van der Waals surface area contributed by atoms with Gasteiger partial charge in [-0.05, 0) is 55.3 Å². The molecule has 2 aliphatic rings. The number of carbonyl (C=O) groups is 1. The molecule has 1 saturated heterocycles. The number of methoxy groups -OCH3 is 1. The molecule has 2 fully saturated rings. The van der Waals surface area contributed by atoms with Gasteiger partial charge >= 0.3 is 0 Å². The van der Waals surface area contributed by atoms with E-state index in [1.54, 1.807) is 7.11 Å². The molecule has 0 spiro atoms. The van der Waals surface area contributed by atoms with Gasteiger partial charge in [0.2, 0.25) is 0 Å². The molecule has 25 heavy (non-hydrogen) atoms. The van der Waals surface area contributed by atoms with Crippen LogP contribution in [0.1, 0.15) is 51.0 Å². The molecule has 0 N–H and O–H groups in total. The van der Waals surface area contributed by atoms with Gasteiger partial charge in [-0.1, -0.05) is 37.8 Å². The van der Waals surface area contributed by atoms with Crippen molar-refractivity contribution in [2.45, 2.75) is 51.5 Å². The van der Waals surface area contributed by atoms with Gasteiger partial charge < -0.3 is 4.74 Å². The fourth-order valence-corrected chi connectivity index (χ4v) is 4.52. The van der Waals surface area contributed by atoms with Crippen molar-refractivity contribution in [2.75, 3.05) is 13.7 Å². The predicted molar refractivity (Wildman–Crippen MR) is 105 cm³/mol. The summed E-state index contributed by atoms with van der Waals surface area (Å²) in [4.78, 5) is 20.4. The van der Waals surface area contributed by atoms with Crippen molar-refractivity contribution in [1.29, 1.82) is 0 Å². The Kier molecular flexibility index (Phi) is 6.19. The van der Waals surface area contributed by atoms with E-state index in [0.29, 0.717) is 12.6 Å². The monoisotopic (exact) mass is 358 g/mol. The van der Waals surface area contributed by atoms with E-state index in [1.807, 2.05) is 42.2 Å². The summed E-state index contributed by atoms with van der Waals surface area (Å²) in [5.74, 6) is 0.931. The largest absolute Gasteiger partial charge is 0.497 e. The first-order valence-electron chi connectivity index (χ1n) is 9.14. The molecule has 1 aliphatic heterocycles. The highest BCUT2D eigenvalue weighted by Gasteiger charge is 2.37. The molecule has 1 aromatic rings. The Morgan fingerprint density at radius 3 is 2.48 bits per heavy atom. The second-order valence-corrected chi connectivity index (χ2v) is 7.47. The van der Waals surface area contributed by atoms with E-state index in [9.17, 15) is 4.79 Å². The minimum absolute atomic E-state index is 0.111. The first-order valence-corrected chi connectivity index (χ1v) is 9.96. The van der Waals surface area contributed by atoms with Crippen molar-refractivity contribution in [1.82, 2.24) is 4.90 Å². The number of thioether (sulfide) groups is 1. The lowest BCUT2D eigenvalue weighted by Crippen LogP contribution is -2.39. The smallest absolute Gasteiger partial charge is 0.266 e. The molecule has 1 aromatic carbocycles. The zero-order chi connectivity index (χ0) is 17.6. The molecule has 5 heteroatoms. The van der Waals surface area contributed by atoms with Gasteiger partial charge in [0.25, 0.3) is 5.91 Å². The Labute approximate surface area is 154 Å². The van der Waals surface area contributed by atoms with Gasteiger partial charge in [0, 0.05) is 12.6 Å². The topological polar surface area (TPSA) is 41.9 Å². The van der Waals surface area contributed by atoms with Crippen LogP contribution in [-0.4, -0.2) is 35.7 Å². The molecule has 1 aliphatic carbocycles. The lowest BCUT2D eigenvalue weighted by Gasteiger charge is -2.26. The Morgan fingerprint density at radius 1 is 1.20 bits per heavy atom. The van der Waals surface area contributed by atoms with Crippen LogP contribution < -0.4 is 4.74 Å². The Hall–Kier alpha value is -1.75. The normalized spacial score (nSPS) is 22.6. The van der Waals surface area contributed by atoms with Crippen molar-refractivity contribution in [3.8, 4) is 5.75 Å². The highest BCUT2D eigenvalue weighted by molar-refractivity contribution is 8.18. The SMILES string of the molecule is CCN=C1S/C(=C\c2ccc(OC)cc2)C(=O)N1C1CCCCCC1. The zero-order valence-corrected chi connectivity index (χ0v) is 15.8. The van der Waals surface area contributed by atoms with Crippen LogP contribution in [0.3, 0.4) is 0 Å². The Morgan fingerprint density at radius 2 is 1.88 bits per heavy atom. The minimum atomic E-state index is 0.111. The van der Waals surface area contributed by atoms with Crippen LogP contribution in [0.2, 0.25) is 0 Å².